The Morgan fingerprint density at radius 2 is 1.90 bits per heavy atom. The van der Waals surface area contributed by atoms with Crippen molar-refractivity contribution in [3.63, 3.8) is 0 Å². The van der Waals surface area contributed by atoms with Crippen LogP contribution in [0.4, 0.5) is 5.82 Å². The van der Waals surface area contributed by atoms with Crippen LogP contribution in [0, 0.1) is 0 Å². The summed E-state index contributed by atoms with van der Waals surface area (Å²) in [6.45, 7) is 2.58. The summed E-state index contributed by atoms with van der Waals surface area (Å²) >= 11 is 0. The number of aryl methyl sites for hydroxylation is 1. The minimum atomic E-state index is -1.41. The predicted octanol–water partition coefficient (Wildman–Crippen LogP) is 0.814. The van der Waals surface area contributed by atoms with Crippen molar-refractivity contribution in [3.05, 3.63) is 60.7 Å². The lowest BCUT2D eigenvalue weighted by Crippen LogP contribution is -2.50. The molecule has 0 radical (unpaired) electrons. The monoisotopic (exact) mass is 532 g/mol. The van der Waals surface area contributed by atoms with Gasteiger partial charge in [0.25, 0.3) is 5.91 Å². The van der Waals surface area contributed by atoms with E-state index in [2.05, 4.69) is 37.4 Å². The number of nitrogens with two attached hydrogens (primary N) is 1. The zero-order valence-electron chi connectivity index (χ0n) is 21.6. The lowest BCUT2D eigenvalue weighted by atomic mass is 10.0. The quantitative estimate of drug-likeness (QED) is 0.282. The Hall–Kier alpha value is -3.84. The van der Waals surface area contributed by atoms with Crippen LogP contribution >= 0.6 is 0 Å². The number of anilines is 1. The maximum atomic E-state index is 13.2. The molecule has 6 rings (SSSR count). The molecule has 0 unspecified atom stereocenters. The second kappa shape index (κ2) is 10.4. The van der Waals surface area contributed by atoms with Gasteiger partial charge in [0.1, 0.15) is 30.0 Å². The average molecular weight is 533 g/mol. The van der Waals surface area contributed by atoms with E-state index >= 15 is 0 Å². The SMILES string of the molecule is Cn1ccc(-c2cn([C@@H]3O[C@H](C(=O)NC4CCN(Cc5ccccc5)CC4)[C@@H](O)[C@H]3O)c3ncnc(N)c23)n1. The van der Waals surface area contributed by atoms with E-state index in [9.17, 15) is 15.0 Å². The third-order valence-electron chi connectivity index (χ3n) is 7.58. The molecule has 2 fully saturated rings. The summed E-state index contributed by atoms with van der Waals surface area (Å²) in [7, 11) is 1.80. The van der Waals surface area contributed by atoms with Crippen LogP contribution in [0.15, 0.2) is 55.1 Å². The fraction of sp³-hybridized carbons (Fsp3) is 0.407. The molecule has 3 aromatic heterocycles. The van der Waals surface area contributed by atoms with Crippen LogP contribution in [-0.2, 0) is 23.1 Å². The van der Waals surface area contributed by atoms with Crippen molar-refractivity contribution in [2.75, 3.05) is 18.8 Å². The molecule has 0 aliphatic carbocycles. The second-order valence-corrected chi connectivity index (χ2v) is 10.3. The molecule has 204 valence electrons. The number of nitrogens with one attached hydrogen (secondary N) is 1. The number of rotatable bonds is 6. The highest BCUT2D eigenvalue weighted by molar-refractivity contribution is 5.99. The number of likely N-dealkylation sites (tertiary alicyclic amines) is 1. The average Bonchev–Trinajstić information content (AvgIpc) is 3.62. The predicted molar refractivity (Wildman–Crippen MR) is 143 cm³/mol. The van der Waals surface area contributed by atoms with Gasteiger partial charge in [-0.05, 0) is 24.5 Å². The summed E-state index contributed by atoms with van der Waals surface area (Å²) in [6, 6.07) is 12.1. The lowest BCUT2D eigenvalue weighted by molar-refractivity contribution is -0.138. The first-order valence-corrected chi connectivity index (χ1v) is 13.1. The maximum Gasteiger partial charge on any atom is 0.252 e. The Bertz CT molecular complexity index is 1460. The number of hydrogen-bond acceptors (Lipinski definition) is 9. The van der Waals surface area contributed by atoms with Crippen molar-refractivity contribution in [3.8, 4) is 11.3 Å². The van der Waals surface area contributed by atoms with Gasteiger partial charge in [-0.1, -0.05) is 30.3 Å². The van der Waals surface area contributed by atoms with Crippen molar-refractivity contribution in [2.45, 2.75) is 50.0 Å². The van der Waals surface area contributed by atoms with E-state index in [0.717, 1.165) is 32.5 Å². The summed E-state index contributed by atoms with van der Waals surface area (Å²) in [5.74, 6) is -0.193. The Kier molecular flexibility index (Phi) is 6.77. The molecule has 12 heteroatoms. The summed E-state index contributed by atoms with van der Waals surface area (Å²) in [4.78, 5) is 24.0. The summed E-state index contributed by atoms with van der Waals surface area (Å²) in [5, 5.41) is 29.8. The van der Waals surface area contributed by atoms with E-state index in [1.54, 1.807) is 28.7 Å². The van der Waals surface area contributed by atoms with Crippen LogP contribution in [0.3, 0.4) is 0 Å². The molecular weight excluding hydrogens is 500 g/mol. The molecule has 0 bridgehead atoms. The largest absolute Gasteiger partial charge is 0.387 e. The Labute approximate surface area is 225 Å². The van der Waals surface area contributed by atoms with Gasteiger partial charge in [0.2, 0.25) is 0 Å². The van der Waals surface area contributed by atoms with Gasteiger partial charge in [-0.2, -0.15) is 5.10 Å². The molecule has 4 aromatic rings. The van der Waals surface area contributed by atoms with Crippen LogP contribution < -0.4 is 11.1 Å². The molecular formula is C27H32N8O4. The fourth-order valence-corrected chi connectivity index (χ4v) is 5.52. The van der Waals surface area contributed by atoms with Gasteiger partial charge < -0.3 is 30.6 Å². The van der Waals surface area contributed by atoms with E-state index in [1.807, 2.05) is 24.3 Å². The first-order chi connectivity index (χ1) is 18.9. The number of nitrogen functional groups attached to an aromatic ring is 1. The normalized spacial score (nSPS) is 24.4. The molecule has 2 aliphatic heterocycles. The lowest BCUT2D eigenvalue weighted by Gasteiger charge is -2.33. The molecule has 1 aromatic carbocycles. The summed E-state index contributed by atoms with van der Waals surface area (Å²) < 4.78 is 9.24. The minimum Gasteiger partial charge on any atom is -0.387 e. The van der Waals surface area contributed by atoms with Crippen LogP contribution in [0.5, 0.6) is 0 Å². The van der Waals surface area contributed by atoms with E-state index in [-0.39, 0.29) is 11.9 Å². The van der Waals surface area contributed by atoms with Crippen molar-refractivity contribution in [1.29, 1.82) is 0 Å². The van der Waals surface area contributed by atoms with Gasteiger partial charge in [-0.3, -0.25) is 14.4 Å². The van der Waals surface area contributed by atoms with Crippen LogP contribution in [-0.4, -0.2) is 82.8 Å². The molecule has 12 nitrogen and oxygen atoms in total. The number of carbonyl (C=O) groups is 1. The molecule has 5 heterocycles. The molecule has 0 spiro atoms. The molecule has 4 atom stereocenters. The van der Waals surface area contributed by atoms with Gasteiger partial charge in [0.15, 0.2) is 12.3 Å². The number of amides is 1. The van der Waals surface area contributed by atoms with Crippen molar-refractivity contribution in [1.82, 2.24) is 34.5 Å². The zero-order chi connectivity index (χ0) is 27.1. The fourth-order valence-electron chi connectivity index (χ4n) is 5.52. The molecule has 2 aliphatic rings. The Balaban J connectivity index is 1.16. The van der Waals surface area contributed by atoms with Gasteiger partial charge >= 0.3 is 0 Å². The number of aromatic nitrogens is 5. The van der Waals surface area contributed by atoms with E-state index < -0.39 is 30.4 Å². The number of hydrogen-bond donors (Lipinski definition) is 4. The summed E-state index contributed by atoms with van der Waals surface area (Å²) in [6.07, 6.45) is 1.35. The molecule has 0 saturated carbocycles. The third kappa shape index (κ3) is 4.87. The number of ether oxygens (including phenoxy) is 1. The third-order valence-corrected chi connectivity index (χ3v) is 7.58. The first kappa shape index (κ1) is 25.4. The van der Waals surface area contributed by atoms with Crippen molar-refractivity contribution in [2.24, 2.45) is 7.05 Å². The maximum absolute atomic E-state index is 13.2. The van der Waals surface area contributed by atoms with Crippen molar-refractivity contribution < 1.29 is 19.7 Å². The Morgan fingerprint density at radius 1 is 1.13 bits per heavy atom. The van der Waals surface area contributed by atoms with Crippen LogP contribution in [0.2, 0.25) is 0 Å². The van der Waals surface area contributed by atoms with Gasteiger partial charge in [-0.15, -0.1) is 0 Å². The minimum absolute atomic E-state index is 0.0350. The zero-order valence-corrected chi connectivity index (χ0v) is 21.6. The molecule has 2 saturated heterocycles. The highest BCUT2D eigenvalue weighted by Crippen LogP contribution is 2.38. The summed E-state index contributed by atoms with van der Waals surface area (Å²) in [5.41, 5.74) is 9.16. The molecule has 39 heavy (non-hydrogen) atoms. The highest BCUT2D eigenvalue weighted by atomic mass is 16.6. The van der Waals surface area contributed by atoms with Gasteiger partial charge in [0.05, 0.1) is 11.1 Å². The van der Waals surface area contributed by atoms with E-state index in [0.29, 0.717) is 22.3 Å². The smallest absolute Gasteiger partial charge is 0.252 e. The first-order valence-electron chi connectivity index (χ1n) is 13.1. The standard InChI is InChI=1S/C27H32N8O4/c1-33-10-9-19(32-33)18-14-35(25-20(18)24(28)29-15-30-25)27-22(37)21(36)23(39-27)26(38)31-17-7-11-34(12-8-17)13-16-5-3-2-4-6-16/h2-6,9-10,14-15,17,21-23,27,36-37H,7-8,11-13H2,1H3,(H,31,38)(H2,28,29,30)/t21-,22+,23-,27+/m0/s1. The number of fused-ring (bicyclic) bond motifs is 1. The number of aliphatic hydroxyl groups is 2. The van der Waals surface area contributed by atoms with E-state index in [4.69, 9.17) is 10.5 Å². The van der Waals surface area contributed by atoms with Crippen molar-refractivity contribution >= 4 is 22.8 Å². The molecule has 5 N–H and O–H groups in total. The topological polar surface area (TPSA) is 157 Å². The van der Waals surface area contributed by atoms with Gasteiger partial charge in [-0.25, -0.2) is 9.97 Å². The van der Waals surface area contributed by atoms with Crippen LogP contribution in [0.1, 0.15) is 24.6 Å². The molecule has 1 amide bonds. The highest BCUT2D eigenvalue weighted by Gasteiger charge is 2.48. The second-order valence-electron chi connectivity index (χ2n) is 10.3. The number of carbonyl (C=O) groups excluding carboxylic acids is 1. The van der Waals surface area contributed by atoms with Crippen LogP contribution in [0.25, 0.3) is 22.3 Å². The number of aliphatic hydroxyl groups excluding tert-OH is 2. The van der Waals surface area contributed by atoms with E-state index in [1.165, 1.54) is 11.9 Å². The number of nitrogens with zero attached hydrogens (tertiary/aromatic N) is 6. The van der Waals surface area contributed by atoms with Gasteiger partial charge in [0, 0.05) is 50.7 Å². The number of piperidine rings is 1. The number of benzene rings is 1. The Morgan fingerprint density at radius 3 is 2.62 bits per heavy atom.